The summed E-state index contributed by atoms with van der Waals surface area (Å²) in [5.74, 6) is 0.182. The van der Waals surface area contributed by atoms with Gasteiger partial charge in [0.1, 0.15) is 0 Å². The molecule has 54 valence electrons. The average molecular weight is 130 g/mol. The van der Waals surface area contributed by atoms with Crippen LogP contribution < -0.4 is 0 Å². The fourth-order valence-corrected chi connectivity index (χ4v) is 1.24. The van der Waals surface area contributed by atoms with Crippen LogP contribution in [0.4, 0.5) is 0 Å². The zero-order chi connectivity index (χ0) is 7.07. The van der Waals surface area contributed by atoms with Gasteiger partial charge in [-0.15, -0.1) is 0 Å². The number of hydrogen-bond donors (Lipinski definition) is 2. The first-order valence-corrected chi connectivity index (χ1v) is 3.48. The highest BCUT2D eigenvalue weighted by Gasteiger charge is 2.46. The molecule has 0 radical (unpaired) electrons. The number of aliphatic hydroxyl groups is 2. The number of hydrogen-bond acceptors (Lipinski definition) is 2. The van der Waals surface area contributed by atoms with Crippen LogP contribution in [0.1, 0.15) is 26.7 Å². The Morgan fingerprint density at radius 1 is 1.56 bits per heavy atom. The first-order valence-electron chi connectivity index (χ1n) is 3.48. The van der Waals surface area contributed by atoms with Crippen LogP contribution in [0.25, 0.3) is 0 Å². The van der Waals surface area contributed by atoms with Crippen molar-refractivity contribution >= 4 is 0 Å². The van der Waals surface area contributed by atoms with Gasteiger partial charge in [-0.2, -0.15) is 0 Å². The van der Waals surface area contributed by atoms with E-state index in [1.165, 1.54) is 0 Å². The molecule has 0 heterocycles. The van der Waals surface area contributed by atoms with Crippen molar-refractivity contribution in [2.75, 3.05) is 0 Å². The van der Waals surface area contributed by atoms with Gasteiger partial charge >= 0.3 is 0 Å². The summed E-state index contributed by atoms with van der Waals surface area (Å²) in [6.07, 6.45) is 1.04. The van der Waals surface area contributed by atoms with Crippen LogP contribution in [-0.4, -0.2) is 21.9 Å². The highest BCUT2D eigenvalue weighted by atomic mass is 16.3. The molecule has 0 amide bonds. The average Bonchev–Trinajstić information content (AvgIpc) is 1.82. The summed E-state index contributed by atoms with van der Waals surface area (Å²) in [7, 11) is 0. The van der Waals surface area contributed by atoms with Gasteiger partial charge in [-0.25, -0.2) is 0 Å². The highest BCUT2D eigenvalue weighted by molar-refractivity contribution is 4.98. The SMILES string of the molecule is CC(C)[C@@]1(O)CC[C@@H]1O. The lowest BCUT2D eigenvalue weighted by molar-refractivity contribution is -0.170. The Hall–Kier alpha value is -0.0800. The number of aliphatic hydroxyl groups excluding tert-OH is 1. The van der Waals surface area contributed by atoms with E-state index in [-0.39, 0.29) is 5.92 Å². The summed E-state index contributed by atoms with van der Waals surface area (Å²) >= 11 is 0. The van der Waals surface area contributed by atoms with Gasteiger partial charge in [-0.05, 0) is 18.8 Å². The molecular formula is C7H14O2. The molecule has 0 unspecified atom stereocenters. The van der Waals surface area contributed by atoms with Crippen LogP contribution in [-0.2, 0) is 0 Å². The fourth-order valence-electron chi connectivity index (χ4n) is 1.24. The van der Waals surface area contributed by atoms with E-state index >= 15 is 0 Å². The molecule has 1 rings (SSSR count). The molecule has 0 aliphatic heterocycles. The molecule has 0 aromatic carbocycles. The maximum Gasteiger partial charge on any atom is 0.0929 e. The normalized spacial score (nSPS) is 43.0. The topological polar surface area (TPSA) is 40.5 Å². The van der Waals surface area contributed by atoms with Gasteiger partial charge in [0.15, 0.2) is 0 Å². The lowest BCUT2D eigenvalue weighted by atomic mass is 9.70. The summed E-state index contributed by atoms with van der Waals surface area (Å²) in [6.45, 7) is 3.87. The van der Waals surface area contributed by atoms with E-state index < -0.39 is 11.7 Å². The molecule has 2 heteroatoms. The molecule has 1 aliphatic carbocycles. The first kappa shape index (κ1) is 7.03. The second-order valence-corrected chi connectivity index (χ2v) is 3.20. The Morgan fingerprint density at radius 3 is 2.11 bits per heavy atom. The summed E-state index contributed by atoms with van der Waals surface area (Å²) in [6, 6.07) is 0. The standard InChI is InChI=1S/C7H14O2/c1-5(2)7(9)4-3-6(7)8/h5-6,8-9H,3-4H2,1-2H3/t6-,7-/m0/s1. The van der Waals surface area contributed by atoms with Gasteiger partial charge in [0.25, 0.3) is 0 Å². The minimum Gasteiger partial charge on any atom is -0.390 e. The molecule has 9 heavy (non-hydrogen) atoms. The van der Waals surface area contributed by atoms with Crippen LogP contribution in [0.15, 0.2) is 0 Å². The smallest absolute Gasteiger partial charge is 0.0929 e. The van der Waals surface area contributed by atoms with Gasteiger partial charge in [-0.1, -0.05) is 13.8 Å². The van der Waals surface area contributed by atoms with E-state index in [1.807, 2.05) is 13.8 Å². The van der Waals surface area contributed by atoms with Crippen molar-refractivity contribution in [1.29, 1.82) is 0 Å². The summed E-state index contributed by atoms with van der Waals surface area (Å²) < 4.78 is 0. The van der Waals surface area contributed by atoms with E-state index in [9.17, 15) is 5.11 Å². The van der Waals surface area contributed by atoms with Crippen molar-refractivity contribution in [2.24, 2.45) is 5.92 Å². The highest BCUT2D eigenvalue weighted by Crippen LogP contribution is 2.37. The van der Waals surface area contributed by atoms with Crippen molar-refractivity contribution in [3.05, 3.63) is 0 Å². The molecule has 0 aromatic rings. The predicted octanol–water partition coefficient (Wildman–Crippen LogP) is 0.528. The van der Waals surface area contributed by atoms with Crippen LogP contribution >= 0.6 is 0 Å². The summed E-state index contributed by atoms with van der Waals surface area (Å²) in [4.78, 5) is 0. The summed E-state index contributed by atoms with van der Waals surface area (Å²) in [5, 5.41) is 18.6. The summed E-state index contributed by atoms with van der Waals surface area (Å²) in [5.41, 5.74) is -0.764. The van der Waals surface area contributed by atoms with Crippen molar-refractivity contribution in [3.8, 4) is 0 Å². The Morgan fingerprint density at radius 2 is 2.11 bits per heavy atom. The van der Waals surface area contributed by atoms with E-state index in [0.29, 0.717) is 0 Å². The number of rotatable bonds is 1. The first-order chi connectivity index (χ1) is 4.07. The van der Waals surface area contributed by atoms with Crippen LogP contribution in [0.5, 0.6) is 0 Å². The quantitative estimate of drug-likeness (QED) is 0.543. The second kappa shape index (κ2) is 1.96. The zero-order valence-electron chi connectivity index (χ0n) is 5.96. The molecule has 1 fully saturated rings. The Kier molecular flexibility index (Phi) is 1.53. The van der Waals surface area contributed by atoms with Crippen molar-refractivity contribution in [2.45, 2.75) is 38.4 Å². The Bertz CT molecular complexity index is 105. The molecule has 0 aromatic heterocycles. The molecule has 2 N–H and O–H groups in total. The molecule has 2 nitrogen and oxygen atoms in total. The molecule has 1 saturated carbocycles. The third-order valence-corrected chi connectivity index (χ3v) is 2.40. The third-order valence-electron chi connectivity index (χ3n) is 2.40. The van der Waals surface area contributed by atoms with E-state index in [2.05, 4.69) is 0 Å². The van der Waals surface area contributed by atoms with E-state index in [1.54, 1.807) is 0 Å². The molecular weight excluding hydrogens is 116 g/mol. The van der Waals surface area contributed by atoms with Crippen molar-refractivity contribution in [1.82, 2.24) is 0 Å². The van der Waals surface area contributed by atoms with Gasteiger partial charge < -0.3 is 10.2 Å². The maximum atomic E-state index is 9.51. The lowest BCUT2D eigenvalue weighted by Gasteiger charge is -2.45. The van der Waals surface area contributed by atoms with Gasteiger partial charge in [-0.3, -0.25) is 0 Å². The largest absolute Gasteiger partial charge is 0.390 e. The van der Waals surface area contributed by atoms with Crippen molar-refractivity contribution < 1.29 is 10.2 Å². The van der Waals surface area contributed by atoms with Crippen LogP contribution in [0.3, 0.4) is 0 Å². The van der Waals surface area contributed by atoms with Crippen molar-refractivity contribution in [3.63, 3.8) is 0 Å². The van der Waals surface area contributed by atoms with Gasteiger partial charge in [0.2, 0.25) is 0 Å². The van der Waals surface area contributed by atoms with Gasteiger partial charge in [0, 0.05) is 0 Å². The van der Waals surface area contributed by atoms with Crippen LogP contribution in [0, 0.1) is 5.92 Å². The Balaban J connectivity index is 2.53. The minimum atomic E-state index is -0.764. The zero-order valence-corrected chi connectivity index (χ0v) is 5.96. The van der Waals surface area contributed by atoms with Crippen LogP contribution in [0.2, 0.25) is 0 Å². The third kappa shape index (κ3) is 0.864. The maximum absolute atomic E-state index is 9.51. The lowest BCUT2D eigenvalue weighted by Crippen LogP contribution is -2.55. The molecule has 2 atom stereocenters. The van der Waals surface area contributed by atoms with E-state index in [0.717, 1.165) is 12.8 Å². The molecule has 0 bridgehead atoms. The van der Waals surface area contributed by atoms with E-state index in [4.69, 9.17) is 5.11 Å². The monoisotopic (exact) mass is 130 g/mol. The molecule has 0 saturated heterocycles. The Labute approximate surface area is 55.5 Å². The predicted molar refractivity (Wildman–Crippen MR) is 35.0 cm³/mol. The fraction of sp³-hybridized carbons (Fsp3) is 1.00. The van der Waals surface area contributed by atoms with Gasteiger partial charge in [0.05, 0.1) is 11.7 Å². The second-order valence-electron chi connectivity index (χ2n) is 3.20. The molecule has 0 spiro atoms. The molecule has 1 aliphatic rings. The minimum absolute atomic E-state index is 0.182.